The smallest absolute Gasteiger partial charge is 0.340 e. The predicted molar refractivity (Wildman–Crippen MR) is 111 cm³/mol. The Labute approximate surface area is 183 Å². The van der Waals surface area contributed by atoms with Gasteiger partial charge in [-0.1, -0.05) is 19.0 Å². The first kappa shape index (κ1) is 22.3. The standard InChI is InChI=1S/C22H26F3N5O2/c1-12(2)17-9-16(22(23,24)25)19-20(28-32-21(19)26-17)15-6-5-7-29(10-15)18(31)11-30-14(4)8-13(3)27-30/h8-9,12,15H,5-7,10-11H2,1-4H3. The van der Waals surface area contributed by atoms with Crippen LogP contribution in [0, 0.1) is 13.8 Å². The number of rotatable bonds is 4. The lowest BCUT2D eigenvalue weighted by Gasteiger charge is -2.32. The molecule has 172 valence electrons. The van der Waals surface area contributed by atoms with Crippen LogP contribution in [0.25, 0.3) is 11.1 Å². The van der Waals surface area contributed by atoms with E-state index in [4.69, 9.17) is 4.52 Å². The molecule has 0 aromatic carbocycles. The first-order valence-electron chi connectivity index (χ1n) is 10.7. The first-order valence-corrected chi connectivity index (χ1v) is 10.7. The number of piperidine rings is 1. The van der Waals surface area contributed by atoms with Crippen LogP contribution in [-0.4, -0.2) is 43.8 Å². The number of pyridine rings is 1. The number of nitrogens with zero attached hydrogens (tertiary/aromatic N) is 5. The van der Waals surface area contributed by atoms with E-state index < -0.39 is 11.7 Å². The zero-order valence-corrected chi connectivity index (χ0v) is 18.5. The Morgan fingerprint density at radius 2 is 2.03 bits per heavy atom. The molecule has 1 atom stereocenters. The van der Waals surface area contributed by atoms with Crippen LogP contribution in [0.4, 0.5) is 13.2 Å². The molecule has 4 heterocycles. The molecule has 0 N–H and O–H groups in total. The Kier molecular flexibility index (Phi) is 5.72. The van der Waals surface area contributed by atoms with Gasteiger partial charge < -0.3 is 9.42 Å². The Bertz CT molecular complexity index is 1150. The molecule has 0 spiro atoms. The quantitative estimate of drug-likeness (QED) is 0.583. The third-order valence-electron chi connectivity index (χ3n) is 5.94. The number of aromatic nitrogens is 4. The summed E-state index contributed by atoms with van der Waals surface area (Å²) in [6.45, 7) is 8.22. The van der Waals surface area contributed by atoms with Crippen molar-refractivity contribution in [1.29, 1.82) is 0 Å². The maximum atomic E-state index is 13.9. The summed E-state index contributed by atoms with van der Waals surface area (Å²) < 4.78 is 48.6. The number of hydrogen-bond acceptors (Lipinski definition) is 5. The molecule has 0 bridgehead atoms. The molecule has 0 saturated carbocycles. The van der Waals surface area contributed by atoms with Crippen molar-refractivity contribution < 1.29 is 22.5 Å². The van der Waals surface area contributed by atoms with Gasteiger partial charge in [0.05, 0.1) is 22.3 Å². The van der Waals surface area contributed by atoms with E-state index in [2.05, 4.69) is 15.2 Å². The topological polar surface area (TPSA) is 77.0 Å². The van der Waals surface area contributed by atoms with Gasteiger partial charge in [0.2, 0.25) is 5.91 Å². The molecule has 3 aromatic heterocycles. The fourth-order valence-electron chi connectivity index (χ4n) is 4.28. The highest BCUT2D eigenvalue weighted by molar-refractivity contribution is 5.82. The number of amides is 1. The van der Waals surface area contributed by atoms with Crippen molar-refractivity contribution >= 4 is 17.0 Å². The lowest BCUT2D eigenvalue weighted by atomic mass is 9.91. The first-order chi connectivity index (χ1) is 15.0. The zero-order valence-electron chi connectivity index (χ0n) is 18.5. The summed E-state index contributed by atoms with van der Waals surface area (Å²) in [5.74, 6) is -0.668. The van der Waals surface area contributed by atoms with Gasteiger partial charge >= 0.3 is 6.18 Å². The van der Waals surface area contributed by atoms with E-state index in [1.807, 2.05) is 19.9 Å². The van der Waals surface area contributed by atoms with Gasteiger partial charge in [-0.2, -0.15) is 18.3 Å². The van der Waals surface area contributed by atoms with Gasteiger partial charge in [0.25, 0.3) is 5.71 Å². The number of halogens is 3. The van der Waals surface area contributed by atoms with Crippen LogP contribution in [0.1, 0.15) is 66.9 Å². The third kappa shape index (κ3) is 4.22. The molecule has 0 radical (unpaired) electrons. The highest BCUT2D eigenvalue weighted by Crippen LogP contribution is 2.40. The van der Waals surface area contributed by atoms with Crippen LogP contribution in [-0.2, 0) is 17.5 Å². The monoisotopic (exact) mass is 449 g/mol. The minimum absolute atomic E-state index is 0.0963. The van der Waals surface area contributed by atoms with Crippen molar-refractivity contribution in [2.45, 2.75) is 65.1 Å². The second-order valence-electron chi connectivity index (χ2n) is 8.76. The van der Waals surface area contributed by atoms with E-state index in [1.165, 1.54) is 0 Å². The van der Waals surface area contributed by atoms with E-state index in [-0.39, 0.29) is 47.6 Å². The fraction of sp³-hybridized carbons (Fsp3) is 0.545. The van der Waals surface area contributed by atoms with Crippen LogP contribution in [0.3, 0.4) is 0 Å². The van der Waals surface area contributed by atoms with Crippen molar-refractivity contribution in [3.63, 3.8) is 0 Å². The number of alkyl halides is 3. The average molecular weight is 449 g/mol. The van der Waals surface area contributed by atoms with Gasteiger partial charge in [-0.3, -0.25) is 9.48 Å². The molecule has 1 amide bonds. The highest BCUT2D eigenvalue weighted by Gasteiger charge is 2.38. The number of aryl methyl sites for hydroxylation is 2. The van der Waals surface area contributed by atoms with Gasteiger partial charge in [0.1, 0.15) is 6.54 Å². The predicted octanol–water partition coefficient (Wildman–Crippen LogP) is 4.58. The van der Waals surface area contributed by atoms with Crippen LogP contribution in [0.2, 0.25) is 0 Å². The van der Waals surface area contributed by atoms with Gasteiger partial charge in [0, 0.05) is 30.4 Å². The van der Waals surface area contributed by atoms with E-state index >= 15 is 0 Å². The lowest BCUT2D eigenvalue weighted by molar-refractivity contribution is -0.136. The van der Waals surface area contributed by atoms with E-state index in [1.54, 1.807) is 23.4 Å². The molecule has 1 unspecified atom stereocenters. The SMILES string of the molecule is Cc1cc(C)n(CC(=O)N2CCCC(c3noc4nc(C(C)C)cc(C(F)(F)F)c34)C2)n1. The number of likely N-dealkylation sites (tertiary alicyclic amines) is 1. The maximum absolute atomic E-state index is 13.9. The van der Waals surface area contributed by atoms with Crippen molar-refractivity contribution in [2.75, 3.05) is 13.1 Å². The summed E-state index contributed by atoms with van der Waals surface area (Å²) in [5.41, 5.74) is 1.34. The maximum Gasteiger partial charge on any atom is 0.417 e. The summed E-state index contributed by atoms with van der Waals surface area (Å²) in [5, 5.41) is 8.22. The molecule has 1 saturated heterocycles. The zero-order chi connectivity index (χ0) is 23.2. The molecular weight excluding hydrogens is 423 g/mol. The van der Waals surface area contributed by atoms with E-state index in [0.717, 1.165) is 17.5 Å². The second kappa shape index (κ2) is 8.22. The Hall–Kier alpha value is -2.91. The third-order valence-corrected chi connectivity index (χ3v) is 5.94. The van der Waals surface area contributed by atoms with E-state index in [0.29, 0.717) is 25.1 Å². The normalized spacial score (nSPS) is 17.5. The lowest BCUT2D eigenvalue weighted by Crippen LogP contribution is -2.41. The summed E-state index contributed by atoms with van der Waals surface area (Å²) in [6, 6.07) is 2.98. The molecule has 1 fully saturated rings. The van der Waals surface area contributed by atoms with Crippen molar-refractivity contribution in [1.82, 2.24) is 24.8 Å². The molecule has 7 nitrogen and oxygen atoms in total. The Morgan fingerprint density at radius 1 is 1.28 bits per heavy atom. The van der Waals surface area contributed by atoms with Crippen LogP contribution >= 0.6 is 0 Å². The van der Waals surface area contributed by atoms with Crippen molar-refractivity contribution in [3.05, 3.63) is 40.5 Å². The fourth-order valence-corrected chi connectivity index (χ4v) is 4.28. The molecule has 32 heavy (non-hydrogen) atoms. The molecule has 1 aliphatic rings. The van der Waals surface area contributed by atoms with Crippen LogP contribution in [0.5, 0.6) is 0 Å². The summed E-state index contributed by atoms with van der Waals surface area (Å²) in [7, 11) is 0. The molecule has 1 aliphatic heterocycles. The largest absolute Gasteiger partial charge is 0.417 e. The Balaban J connectivity index is 1.64. The average Bonchev–Trinajstić information content (AvgIpc) is 3.29. The molecule has 10 heteroatoms. The highest BCUT2D eigenvalue weighted by atomic mass is 19.4. The number of carbonyl (C=O) groups is 1. The van der Waals surface area contributed by atoms with Gasteiger partial charge in [-0.15, -0.1) is 0 Å². The molecule has 4 rings (SSSR count). The molecule has 0 aliphatic carbocycles. The summed E-state index contributed by atoms with van der Waals surface area (Å²) in [4.78, 5) is 18.8. The second-order valence-corrected chi connectivity index (χ2v) is 8.76. The van der Waals surface area contributed by atoms with Crippen LogP contribution < -0.4 is 0 Å². The number of hydrogen-bond donors (Lipinski definition) is 0. The molecule has 3 aromatic rings. The van der Waals surface area contributed by atoms with Gasteiger partial charge in [-0.25, -0.2) is 4.98 Å². The minimum atomic E-state index is -4.56. The molecular formula is C22H26F3N5O2. The summed E-state index contributed by atoms with van der Waals surface area (Å²) >= 11 is 0. The van der Waals surface area contributed by atoms with Gasteiger partial charge in [0.15, 0.2) is 0 Å². The van der Waals surface area contributed by atoms with E-state index in [9.17, 15) is 18.0 Å². The number of fused-ring (bicyclic) bond motifs is 1. The number of carbonyl (C=O) groups excluding carboxylic acids is 1. The summed E-state index contributed by atoms with van der Waals surface area (Å²) in [6.07, 6.45) is -3.28. The van der Waals surface area contributed by atoms with Crippen molar-refractivity contribution in [3.8, 4) is 0 Å². The van der Waals surface area contributed by atoms with Crippen LogP contribution in [0.15, 0.2) is 16.7 Å². The Morgan fingerprint density at radius 3 is 2.66 bits per heavy atom. The van der Waals surface area contributed by atoms with Gasteiger partial charge in [-0.05, 0) is 44.7 Å². The van der Waals surface area contributed by atoms with Crippen molar-refractivity contribution in [2.24, 2.45) is 0 Å². The minimum Gasteiger partial charge on any atom is -0.340 e.